The van der Waals surface area contributed by atoms with E-state index in [-0.39, 0.29) is 24.5 Å². The van der Waals surface area contributed by atoms with E-state index in [1.54, 1.807) is 0 Å². The standard InChI is InChI=1S/C11H21NO2/c1-9(2)14-8-11(13)10-6-4-3-5-7-12-10/h9-10,12H,3-8H2,1-2H3. The van der Waals surface area contributed by atoms with Crippen molar-refractivity contribution in [2.75, 3.05) is 13.2 Å². The lowest BCUT2D eigenvalue weighted by molar-refractivity contribution is -0.127. The summed E-state index contributed by atoms with van der Waals surface area (Å²) >= 11 is 0. The molecular formula is C11H21NO2. The van der Waals surface area contributed by atoms with Crippen LogP contribution in [0.15, 0.2) is 0 Å². The van der Waals surface area contributed by atoms with Crippen molar-refractivity contribution in [3.63, 3.8) is 0 Å². The number of rotatable bonds is 4. The molecule has 1 heterocycles. The maximum atomic E-state index is 11.7. The summed E-state index contributed by atoms with van der Waals surface area (Å²) < 4.78 is 5.31. The van der Waals surface area contributed by atoms with Gasteiger partial charge in [-0.25, -0.2) is 0 Å². The van der Waals surface area contributed by atoms with Gasteiger partial charge in [0.1, 0.15) is 6.61 Å². The third kappa shape index (κ3) is 4.20. The predicted octanol–water partition coefficient (Wildman–Crippen LogP) is 1.51. The Kier molecular flexibility index (Phi) is 5.12. The Labute approximate surface area is 86.2 Å². The second-order valence-corrected chi connectivity index (χ2v) is 4.18. The molecule has 1 aliphatic rings. The van der Waals surface area contributed by atoms with E-state index in [1.165, 1.54) is 12.8 Å². The van der Waals surface area contributed by atoms with Gasteiger partial charge in [0, 0.05) is 0 Å². The van der Waals surface area contributed by atoms with E-state index >= 15 is 0 Å². The smallest absolute Gasteiger partial charge is 0.175 e. The van der Waals surface area contributed by atoms with Crippen molar-refractivity contribution in [2.24, 2.45) is 0 Å². The van der Waals surface area contributed by atoms with Gasteiger partial charge in [0.2, 0.25) is 0 Å². The lowest BCUT2D eigenvalue weighted by Crippen LogP contribution is -2.38. The zero-order chi connectivity index (χ0) is 10.4. The molecule has 1 aliphatic heterocycles. The number of hydrogen-bond donors (Lipinski definition) is 1. The predicted molar refractivity (Wildman–Crippen MR) is 56.4 cm³/mol. The summed E-state index contributed by atoms with van der Waals surface area (Å²) in [6.45, 7) is 5.13. The molecule has 0 bridgehead atoms. The molecule has 0 amide bonds. The molecular weight excluding hydrogens is 178 g/mol. The van der Waals surface area contributed by atoms with E-state index in [9.17, 15) is 4.79 Å². The van der Waals surface area contributed by atoms with Gasteiger partial charge in [-0.15, -0.1) is 0 Å². The fraction of sp³-hybridized carbons (Fsp3) is 0.909. The molecule has 3 nitrogen and oxygen atoms in total. The van der Waals surface area contributed by atoms with Crippen LogP contribution in [0.1, 0.15) is 39.5 Å². The summed E-state index contributed by atoms with van der Waals surface area (Å²) in [4.78, 5) is 11.7. The highest BCUT2D eigenvalue weighted by Gasteiger charge is 2.19. The maximum absolute atomic E-state index is 11.7. The summed E-state index contributed by atoms with van der Waals surface area (Å²) in [6.07, 6.45) is 4.70. The van der Waals surface area contributed by atoms with Gasteiger partial charge in [-0.1, -0.05) is 12.8 Å². The molecule has 1 fully saturated rings. The van der Waals surface area contributed by atoms with Gasteiger partial charge in [-0.2, -0.15) is 0 Å². The highest BCUT2D eigenvalue weighted by atomic mass is 16.5. The Balaban J connectivity index is 2.27. The Bertz CT molecular complexity index is 172. The molecule has 1 saturated heterocycles. The second-order valence-electron chi connectivity index (χ2n) is 4.18. The Morgan fingerprint density at radius 2 is 2.21 bits per heavy atom. The fourth-order valence-electron chi connectivity index (χ4n) is 1.65. The molecule has 14 heavy (non-hydrogen) atoms. The van der Waals surface area contributed by atoms with E-state index in [1.807, 2.05) is 13.8 Å². The molecule has 1 atom stereocenters. The zero-order valence-corrected chi connectivity index (χ0v) is 9.21. The van der Waals surface area contributed by atoms with Crippen LogP contribution in [-0.2, 0) is 9.53 Å². The number of Topliss-reactive ketones (excluding diaryl/α,β-unsaturated/α-hetero) is 1. The van der Waals surface area contributed by atoms with Crippen LogP contribution in [0, 0.1) is 0 Å². The van der Waals surface area contributed by atoms with Crippen LogP contribution in [0.3, 0.4) is 0 Å². The van der Waals surface area contributed by atoms with Crippen LogP contribution < -0.4 is 5.32 Å². The van der Waals surface area contributed by atoms with Crippen molar-refractivity contribution in [2.45, 2.75) is 51.7 Å². The van der Waals surface area contributed by atoms with E-state index in [4.69, 9.17) is 4.74 Å². The average molecular weight is 199 g/mol. The molecule has 1 N–H and O–H groups in total. The van der Waals surface area contributed by atoms with Crippen molar-refractivity contribution in [3.05, 3.63) is 0 Å². The minimum Gasteiger partial charge on any atom is -0.371 e. The third-order valence-electron chi connectivity index (χ3n) is 2.51. The SMILES string of the molecule is CC(C)OCC(=O)C1CCCCCN1. The first kappa shape index (κ1) is 11.7. The first-order valence-electron chi connectivity index (χ1n) is 5.58. The summed E-state index contributed by atoms with van der Waals surface area (Å²) in [5.74, 6) is 0.209. The van der Waals surface area contributed by atoms with Crippen molar-refractivity contribution in [1.29, 1.82) is 0 Å². The minimum absolute atomic E-state index is 0.0382. The molecule has 0 aliphatic carbocycles. The molecule has 0 aromatic heterocycles. The Hall–Kier alpha value is -0.410. The van der Waals surface area contributed by atoms with Crippen LogP contribution in [0.2, 0.25) is 0 Å². The third-order valence-corrected chi connectivity index (χ3v) is 2.51. The van der Waals surface area contributed by atoms with Crippen LogP contribution in [0.5, 0.6) is 0 Å². The first-order chi connectivity index (χ1) is 6.70. The minimum atomic E-state index is 0.0382. The van der Waals surface area contributed by atoms with Crippen LogP contribution in [-0.4, -0.2) is 31.1 Å². The molecule has 0 saturated carbocycles. The summed E-state index contributed by atoms with van der Waals surface area (Å²) in [7, 11) is 0. The van der Waals surface area contributed by atoms with E-state index in [0.29, 0.717) is 0 Å². The Morgan fingerprint density at radius 1 is 1.43 bits per heavy atom. The highest BCUT2D eigenvalue weighted by Crippen LogP contribution is 2.09. The largest absolute Gasteiger partial charge is 0.371 e. The fourth-order valence-corrected chi connectivity index (χ4v) is 1.65. The summed E-state index contributed by atoms with van der Waals surface area (Å²) in [5.41, 5.74) is 0. The van der Waals surface area contributed by atoms with Gasteiger partial charge in [0.15, 0.2) is 5.78 Å². The number of nitrogens with one attached hydrogen (secondary N) is 1. The lowest BCUT2D eigenvalue weighted by atomic mass is 10.1. The lowest BCUT2D eigenvalue weighted by Gasteiger charge is -2.15. The first-order valence-corrected chi connectivity index (χ1v) is 5.58. The number of ether oxygens (including phenoxy) is 1. The molecule has 0 aromatic carbocycles. The molecule has 1 rings (SSSR count). The summed E-state index contributed by atoms with van der Waals surface area (Å²) in [5, 5.41) is 3.28. The van der Waals surface area contributed by atoms with Gasteiger partial charge >= 0.3 is 0 Å². The van der Waals surface area contributed by atoms with Gasteiger partial charge in [0.25, 0.3) is 0 Å². The van der Waals surface area contributed by atoms with Crippen LogP contribution in [0.4, 0.5) is 0 Å². The van der Waals surface area contributed by atoms with E-state index in [2.05, 4.69) is 5.32 Å². The number of ketones is 1. The van der Waals surface area contributed by atoms with Crippen LogP contribution in [0.25, 0.3) is 0 Å². The van der Waals surface area contributed by atoms with Crippen molar-refractivity contribution >= 4 is 5.78 Å². The average Bonchev–Trinajstić information content (AvgIpc) is 2.42. The number of carbonyl (C=O) groups excluding carboxylic acids is 1. The second kappa shape index (κ2) is 6.14. The topological polar surface area (TPSA) is 38.3 Å². The molecule has 1 unspecified atom stereocenters. The van der Waals surface area contributed by atoms with Crippen molar-refractivity contribution in [3.8, 4) is 0 Å². The Morgan fingerprint density at radius 3 is 2.93 bits per heavy atom. The number of hydrogen-bond acceptors (Lipinski definition) is 3. The molecule has 0 radical (unpaired) electrons. The quantitative estimate of drug-likeness (QED) is 0.746. The normalized spacial score (nSPS) is 23.5. The molecule has 82 valence electrons. The molecule has 0 spiro atoms. The monoisotopic (exact) mass is 199 g/mol. The van der Waals surface area contributed by atoms with Crippen molar-refractivity contribution < 1.29 is 9.53 Å². The van der Waals surface area contributed by atoms with Gasteiger partial charge in [-0.05, 0) is 33.2 Å². The van der Waals surface area contributed by atoms with Crippen molar-refractivity contribution in [1.82, 2.24) is 5.32 Å². The van der Waals surface area contributed by atoms with Gasteiger partial charge < -0.3 is 10.1 Å². The summed E-state index contributed by atoms with van der Waals surface area (Å²) in [6, 6.07) is 0.0382. The van der Waals surface area contributed by atoms with E-state index < -0.39 is 0 Å². The number of carbonyl (C=O) groups is 1. The van der Waals surface area contributed by atoms with Crippen LogP contribution >= 0.6 is 0 Å². The van der Waals surface area contributed by atoms with E-state index in [0.717, 1.165) is 19.4 Å². The highest BCUT2D eigenvalue weighted by molar-refractivity contribution is 5.85. The van der Waals surface area contributed by atoms with Gasteiger partial charge in [-0.3, -0.25) is 4.79 Å². The molecule has 0 aromatic rings. The molecule has 3 heteroatoms. The zero-order valence-electron chi connectivity index (χ0n) is 9.21. The maximum Gasteiger partial charge on any atom is 0.175 e. The van der Waals surface area contributed by atoms with Gasteiger partial charge in [0.05, 0.1) is 12.1 Å².